The molecule has 18 heavy (non-hydrogen) atoms. The van der Waals surface area contributed by atoms with Crippen molar-refractivity contribution in [2.24, 2.45) is 5.73 Å². The molecule has 1 heterocycles. The summed E-state index contributed by atoms with van der Waals surface area (Å²) in [5.74, 6) is -0.486. The van der Waals surface area contributed by atoms with Crippen LogP contribution in [-0.2, 0) is 0 Å². The lowest BCUT2D eigenvalue weighted by atomic mass is 9.92. The summed E-state index contributed by atoms with van der Waals surface area (Å²) in [5, 5.41) is 10.4. The van der Waals surface area contributed by atoms with Gasteiger partial charge in [0.05, 0.1) is 6.10 Å². The van der Waals surface area contributed by atoms with E-state index in [2.05, 4.69) is 0 Å². The van der Waals surface area contributed by atoms with Crippen LogP contribution in [0.25, 0.3) is 0 Å². The molecule has 0 aliphatic carbocycles. The first-order chi connectivity index (χ1) is 8.61. The van der Waals surface area contributed by atoms with Crippen LogP contribution in [0.3, 0.4) is 0 Å². The largest absolute Gasteiger partial charge is 0.387 e. The smallest absolute Gasteiger partial charge is 0.123 e. The summed E-state index contributed by atoms with van der Waals surface area (Å²) < 4.78 is 12.9. The number of aryl methyl sites for hydroxylation is 1. The van der Waals surface area contributed by atoms with E-state index in [9.17, 15) is 9.50 Å². The Morgan fingerprint density at radius 2 is 1.89 bits per heavy atom. The summed E-state index contributed by atoms with van der Waals surface area (Å²) in [4.78, 5) is 2.05. The number of rotatable bonds is 4. The maximum Gasteiger partial charge on any atom is 0.123 e. The fraction of sp³-hybridized carbons (Fsp3) is 0.286. The number of benzene rings is 1. The highest BCUT2D eigenvalue weighted by Gasteiger charge is 2.22. The topological polar surface area (TPSA) is 46.2 Å². The van der Waals surface area contributed by atoms with Crippen LogP contribution < -0.4 is 5.73 Å². The van der Waals surface area contributed by atoms with Crippen molar-refractivity contribution < 1.29 is 9.50 Å². The zero-order valence-corrected chi connectivity index (χ0v) is 11.0. The lowest BCUT2D eigenvalue weighted by molar-refractivity contribution is 0.151. The van der Waals surface area contributed by atoms with E-state index in [1.807, 2.05) is 19.1 Å². The van der Waals surface area contributed by atoms with Gasteiger partial charge in [-0.05, 0) is 36.8 Å². The van der Waals surface area contributed by atoms with Gasteiger partial charge in [0, 0.05) is 22.2 Å². The molecule has 0 aliphatic rings. The monoisotopic (exact) mass is 265 g/mol. The molecule has 2 rings (SSSR count). The summed E-state index contributed by atoms with van der Waals surface area (Å²) >= 11 is 1.56. The molecule has 3 N–H and O–H groups in total. The lowest BCUT2D eigenvalue weighted by Gasteiger charge is -2.21. The first-order valence-corrected chi connectivity index (χ1v) is 6.63. The minimum absolute atomic E-state index is 0.205. The number of nitrogens with two attached hydrogens (primary N) is 1. The van der Waals surface area contributed by atoms with E-state index < -0.39 is 6.10 Å². The Labute approximate surface area is 110 Å². The van der Waals surface area contributed by atoms with Gasteiger partial charge in [-0.1, -0.05) is 12.1 Å². The molecular formula is C14H16FNOS. The van der Waals surface area contributed by atoms with Crippen molar-refractivity contribution in [3.63, 3.8) is 0 Å². The van der Waals surface area contributed by atoms with Gasteiger partial charge in [-0.25, -0.2) is 4.39 Å². The molecule has 2 nitrogen and oxygen atoms in total. The Bertz CT molecular complexity index is 509. The van der Waals surface area contributed by atoms with Crippen LogP contribution in [-0.4, -0.2) is 11.7 Å². The van der Waals surface area contributed by atoms with Crippen molar-refractivity contribution in [2.45, 2.75) is 18.9 Å². The SMILES string of the molecule is Cc1ccc(C(O)C(CN)c2ccc(F)cc2)s1. The van der Waals surface area contributed by atoms with Crippen LogP contribution in [0.5, 0.6) is 0 Å². The van der Waals surface area contributed by atoms with Gasteiger partial charge in [0.2, 0.25) is 0 Å². The van der Waals surface area contributed by atoms with E-state index in [1.54, 1.807) is 23.5 Å². The van der Waals surface area contributed by atoms with E-state index in [1.165, 1.54) is 12.1 Å². The summed E-state index contributed by atoms with van der Waals surface area (Å²) in [7, 11) is 0. The van der Waals surface area contributed by atoms with Crippen molar-refractivity contribution in [3.8, 4) is 0 Å². The molecule has 1 aromatic heterocycles. The van der Waals surface area contributed by atoms with Gasteiger partial charge in [0.15, 0.2) is 0 Å². The third-order valence-electron chi connectivity index (χ3n) is 2.99. The third-order valence-corrected chi connectivity index (χ3v) is 4.06. The Morgan fingerprint density at radius 1 is 1.22 bits per heavy atom. The zero-order valence-electron chi connectivity index (χ0n) is 10.1. The van der Waals surface area contributed by atoms with E-state index in [4.69, 9.17) is 5.73 Å². The van der Waals surface area contributed by atoms with Crippen LogP contribution in [0, 0.1) is 12.7 Å². The fourth-order valence-electron chi connectivity index (χ4n) is 1.97. The van der Waals surface area contributed by atoms with Crippen LogP contribution in [0.15, 0.2) is 36.4 Å². The average Bonchev–Trinajstić information content (AvgIpc) is 2.79. The van der Waals surface area contributed by atoms with Gasteiger partial charge in [-0.15, -0.1) is 11.3 Å². The highest BCUT2D eigenvalue weighted by Crippen LogP contribution is 2.33. The first kappa shape index (κ1) is 13.2. The molecule has 96 valence electrons. The van der Waals surface area contributed by atoms with Crippen molar-refractivity contribution in [1.82, 2.24) is 0 Å². The molecule has 0 radical (unpaired) electrons. The molecule has 4 heteroatoms. The molecule has 2 aromatic rings. The summed E-state index contributed by atoms with van der Waals surface area (Å²) in [5.41, 5.74) is 6.60. The van der Waals surface area contributed by atoms with E-state index in [-0.39, 0.29) is 11.7 Å². The van der Waals surface area contributed by atoms with E-state index >= 15 is 0 Å². The zero-order chi connectivity index (χ0) is 13.1. The lowest BCUT2D eigenvalue weighted by Crippen LogP contribution is -2.19. The van der Waals surface area contributed by atoms with Crippen molar-refractivity contribution in [2.75, 3.05) is 6.54 Å². The molecule has 0 fully saturated rings. The highest BCUT2D eigenvalue weighted by atomic mass is 32.1. The van der Waals surface area contributed by atoms with Crippen LogP contribution >= 0.6 is 11.3 Å². The van der Waals surface area contributed by atoms with Crippen molar-refractivity contribution >= 4 is 11.3 Å². The number of halogens is 1. The van der Waals surface area contributed by atoms with E-state index in [0.29, 0.717) is 6.54 Å². The predicted octanol–water partition coefficient (Wildman–Crippen LogP) is 2.97. The minimum atomic E-state index is -0.640. The van der Waals surface area contributed by atoms with Crippen molar-refractivity contribution in [3.05, 3.63) is 57.5 Å². The predicted molar refractivity (Wildman–Crippen MR) is 72.2 cm³/mol. The van der Waals surface area contributed by atoms with Crippen LogP contribution in [0.4, 0.5) is 4.39 Å². The minimum Gasteiger partial charge on any atom is -0.387 e. The van der Waals surface area contributed by atoms with Gasteiger partial charge in [0.1, 0.15) is 5.82 Å². The summed E-state index contributed by atoms with van der Waals surface area (Å²) in [6.07, 6.45) is -0.640. The Kier molecular flexibility index (Phi) is 4.11. The molecule has 0 saturated carbocycles. The highest BCUT2D eigenvalue weighted by molar-refractivity contribution is 7.12. The second-order valence-corrected chi connectivity index (χ2v) is 5.61. The molecule has 0 aliphatic heterocycles. The molecule has 0 amide bonds. The standard InChI is InChI=1S/C14H16FNOS/c1-9-2-7-13(18-9)14(17)12(8-16)10-3-5-11(15)6-4-10/h2-7,12,14,17H,8,16H2,1H3. The average molecular weight is 265 g/mol. The number of aliphatic hydroxyl groups excluding tert-OH is 1. The van der Waals surface area contributed by atoms with Gasteiger partial charge >= 0.3 is 0 Å². The molecule has 0 spiro atoms. The maximum atomic E-state index is 12.9. The second kappa shape index (κ2) is 5.61. The maximum absolute atomic E-state index is 12.9. The molecule has 1 aromatic carbocycles. The molecule has 2 atom stereocenters. The van der Waals surface area contributed by atoms with Gasteiger partial charge in [0.25, 0.3) is 0 Å². The Morgan fingerprint density at radius 3 is 2.39 bits per heavy atom. The molecule has 2 unspecified atom stereocenters. The van der Waals surface area contributed by atoms with E-state index in [0.717, 1.165) is 15.3 Å². The van der Waals surface area contributed by atoms with Crippen LogP contribution in [0.2, 0.25) is 0 Å². The van der Waals surface area contributed by atoms with Gasteiger partial charge in [-0.3, -0.25) is 0 Å². The normalized spacial score (nSPS) is 14.4. The van der Waals surface area contributed by atoms with Gasteiger partial charge in [-0.2, -0.15) is 0 Å². The summed E-state index contributed by atoms with van der Waals surface area (Å²) in [6.45, 7) is 2.32. The Balaban J connectivity index is 2.25. The molecule has 0 bridgehead atoms. The summed E-state index contributed by atoms with van der Waals surface area (Å²) in [6, 6.07) is 10.0. The number of hydrogen-bond donors (Lipinski definition) is 2. The third kappa shape index (κ3) is 2.77. The molecule has 0 saturated heterocycles. The second-order valence-electron chi connectivity index (χ2n) is 4.29. The number of aliphatic hydroxyl groups is 1. The number of hydrogen-bond acceptors (Lipinski definition) is 3. The number of thiophene rings is 1. The quantitative estimate of drug-likeness (QED) is 0.892. The Hall–Kier alpha value is -1.23. The van der Waals surface area contributed by atoms with Gasteiger partial charge < -0.3 is 10.8 Å². The van der Waals surface area contributed by atoms with Crippen LogP contribution in [0.1, 0.15) is 27.3 Å². The molecular weight excluding hydrogens is 249 g/mol. The fourth-order valence-corrected chi connectivity index (χ4v) is 2.90. The van der Waals surface area contributed by atoms with Crippen molar-refractivity contribution in [1.29, 1.82) is 0 Å². The first-order valence-electron chi connectivity index (χ1n) is 5.81.